The van der Waals surface area contributed by atoms with Crippen molar-refractivity contribution in [2.45, 2.75) is 48.7 Å². The van der Waals surface area contributed by atoms with Gasteiger partial charge in [0, 0.05) is 34.9 Å². The van der Waals surface area contributed by atoms with Crippen LogP contribution in [0.4, 0.5) is 8.78 Å². The van der Waals surface area contributed by atoms with E-state index < -0.39 is 34.5 Å². The summed E-state index contributed by atoms with van der Waals surface area (Å²) in [5.74, 6) is -1.39. The van der Waals surface area contributed by atoms with Crippen molar-refractivity contribution in [3.8, 4) is 11.4 Å². The highest BCUT2D eigenvalue weighted by atomic mass is 35.5. The van der Waals surface area contributed by atoms with E-state index in [0.29, 0.717) is 41.0 Å². The number of hydrogen-bond donors (Lipinski definition) is 3. The van der Waals surface area contributed by atoms with E-state index in [0.717, 1.165) is 11.3 Å². The number of benzene rings is 2. The van der Waals surface area contributed by atoms with Crippen LogP contribution in [0.15, 0.2) is 89.7 Å². The molecule has 7 nitrogen and oxygen atoms in total. The molecule has 1 aliphatic carbocycles. The monoisotopic (exact) mass is 676 g/mol. The van der Waals surface area contributed by atoms with Crippen molar-refractivity contribution in [1.29, 1.82) is 0 Å². The van der Waals surface area contributed by atoms with Crippen molar-refractivity contribution < 1.29 is 23.4 Å². The molecule has 0 fully saturated rings. The van der Waals surface area contributed by atoms with Crippen molar-refractivity contribution in [3.05, 3.63) is 107 Å². The lowest BCUT2D eigenvalue weighted by atomic mass is 9.81. The highest BCUT2D eigenvalue weighted by molar-refractivity contribution is 7.99. The van der Waals surface area contributed by atoms with Gasteiger partial charge in [-0.15, -0.1) is 11.6 Å². The second kappa shape index (κ2) is 14.9. The Labute approximate surface area is 276 Å². The quantitative estimate of drug-likeness (QED) is 0.0755. The zero-order valence-electron chi connectivity index (χ0n) is 25.2. The number of allylic oxidation sites excluding steroid dienone is 2. The van der Waals surface area contributed by atoms with E-state index in [-0.39, 0.29) is 22.9 Å². The number of aromatic nitrogens is 2. The molecule has 2 aromatic carbocycles. The molecule has 3 unspecified atom stereocenters. The summed E-state index contributed by atoms with van der Waals surface area (Å²) in [5.41, 5.74) is 7.69. The van der Waals surface area contributed by atoms with Crippen LogP contribution in [0.25, 0.3) is 5.69 Å². The molecule has 12 heteroatoms. The van der Waals surface area contributed by atoms with Crippen molar-refractivity contribution in [2.24, 2.45) is 11.7 Å². The first-order chi connectivity index (χ1) is 21.3. The lowest BCUT2D eigenvalue weighted by Gasteiger charge is -2.28. The normalized spacial score (nSPS) is 17.3. The number of ether oxygens (including phenoxy) is 1. The summed E-state index contributed by atoms with van der Waals surface area (Å²) in [6, 6.07) is 11.1. The predicted octanol–water partition coefficient (Wildman–Crippen LogP) is 7.40. The molecule has 0 aliphatic heterocycles. The third-order valence-electron chi connectivity index (χ3n) is 7.76. The molecule has 4 rings (SSSR count). The summed E-state index contributed by atoms with van der Waals surface area (Å²) in [7, 11) is 1.55. The van der Waals surface area contributed by atoms with Crippen LogP contribution in [0.5, 0.6) is 5.75 Å². The summed E-state index contributed by atoms with van der Waals surface area (Å²) in [6.45, 7) is 7.77. The van der Waals surface area contributed by atoms with Gasteiger partial charge in [-0.05, 0) is 60.9 Å². The van der Waals surface area contributed by atoms with Gasteiger partial charge in [0.25, 0.3) is 5.91 Å². The van der Waals surface area contributed by atoms with E-state index in [9.17, 15) is 14.3 Å². The second-order valence-electron chi connectivity index (χ2n) is 11.2. The Morgan fingerprint density at radius 1 is 1.27 bits per heavy atom. The number of carbonyl (C=O) groups excluding carboxylic acids is 1. The Bertz CT molecular complexity index is 1610. The smallest absolute Gasteiger partial charge is 0.251 e. The molecule has 1 heterocycles. The molecule has 1 aromatic heterocycles. The van der Waals surface area contributed by atoms with E-state index >= 15 is 4.39 Å². The molecule has 1 aliphatic rings. The number of nitrogens with one attached hydrogen (secondary N) is 1. The number of aliphatic hydroxyl groups is 1. The van der Waals surface area contributed by atoms with Gasteiger partial charge in [0.05, 0.1) is 35.4 Å². The summed E-state index contributed by atoms with van der Waals surface area (Å²) >= 11 is 14.2. The lowest BCUT2D eigenvalue weighted by molar-refractivity contribution is -0.117. The van der Waals surface area contributed by atoms with Crippen LogP contribution in [0.3, 0.4) is 0 Å². The van der Waals surface area contributed by atoms with E-state index in [1.54, 1.807) is 37.6 Å². The number of thioether (sulfide) groups is 1. The maximum Gasteiger partial charge on any atom is 0.251 e. The zero-order chi connectivity index (χ0) is 32.9. The van der Waals surface area contributed by atoms with Crippen molar-refractivity contribution in [2.75, 3.05) is 19.4 Å². The number of amides is 1. The molecule has 4 N–H and O–H groups in total. The number of carbonyl (C=O) groups is 1. The number of aliphatic hydroxyl groups excluding tert-OH is 1. The molecule has 0 saturated heterocycles. The highest BCUT2D eigenvalue weighted by Crippen LogP contribution is 2.40. The molecule has 240 valence electrons. The zero-order valence-corrected chi connectivity index (χ0v) is 27.5. The van der Waals surface area contributed by atoms with Crippen LogP contribution in [0, 0.1) is 11.7 Å². The lowest BCUT2D eigenvalue weighted by Crippen LogP contribution is -2.30. The Balaban J connectivity index is 1.53. The van der Waals surface area contributed by atoms with Gasteiger partial charge in [0.1, 0.15) is 23.2 Å². The largest absolute Gasteiger partial charge is 0.511 e. The Hall–Kier alpha value is -3.31. The number of nitrogens with two attached hydrogens (primary N) is 1. The SMILES string of the molecule is C=C(O)C(N)CCCNC(=O)C1=CC(Cl)C(CSc2ncc(C(C)(C)c3ccc(Cl)c(OC)c3)n2-c2ccc(F)cc2)C(F)=C1. The molecular weight excluding hydrogens is 641 g/mol. The number of rotatable bonds is 13. The summed E-state index contributed by atoms with van der Waals surface area (Å²) in [5, 5.41) is 12.3. The molecule has 0 radical (unpaired) electrons. The fourth-order valence-corrected chi connectivity index (χ4v) is 6.73. The van der Waals surface area contributed by atoms with Gasteiger partial charge in [-0.1, -0.05) is 55.9 Å². The summed E-state index contributed by atoms with van der Waals surface area (Å²) < 4.78 is 36.6. The minimum absolute atomic E-state index is 0.113. The molecule has 45 heavy (non-hydrogen) atoms. The molecule has 0 saturated carbocycles. The number of alkyl halides is 1. The van der Waals surface area contributed by atoms with Crippen molar-refractivity contribution >= 4 is 40.9 Å². The van der Waals surface area contributed by atoms with E-state index in [2.05, 4.69) is 16.9 Å². The molecule has 3 atom stereocenters. The molecule has 0 spiro atoms. The fourth-order valence-electron chi connectivity index (χ4n) is 4.93. The van der Waals surface area contributed by atoms with E-state index in [1.165, 1.54) is 30.0 Å². The number of nitrogens with zero attached hydrogens (tertiary/aromatic N) is 2. The molecule has 1 amide bonds. The standard InChI is InChI=1S/C33H36Cl2F2N4O3S/c1-19(42)28(38)6-5-13-39-31(43)20-14-26(35)24(27(37)15-20)18-45-32-40-17-30(41(32)23-10-8-22(36)9-11-23)33(2,3)21-7-12-25(34)29(16-21)44-4/h7-12,14-17,24,26,28,42H,1,5-6,13,18,38H2,2-4H3,(H,39,43). The maximum absolute atomic E-state index is 15.4. The van der Waals surface area contributed by atoms with Crippen molar-refractivity contribution in [3.63, 3.8) is 0 Å². The van der Waals surface area contributed by atoms with Crippen molar-refractivity contribution in [1.82, 2.24) is 14.9 Å². The Morgan fingerprint density at radius 3 is 2.62 bits per heavy atom. The van der Waals surface area contributed by atoms with Crippen LogP contribution in [0.1, 0.15) is 37.9 Å². The van der Waals surface area contributed by atoms with Crippen LogP contribution in [0.2, 0.25) is 5.02 Å². The van der Waals surface area contributed by atoms with Gasteiger partial charge < -0.3 is 20.9 Å². The number of imidazole rings is 1. The van der Waals surface area contributed by atoms with E-state index in [4.69, 9.17) is 33.7 Å². The predicted molar refractivity (Wildman–Crippen MR) is 177 cm³/mol. The van der Waals surface area contributed by atoms with Gasteiger partial charge in [0.15, 0.2) is 5.16 Å². The maximum atomic E-state index is 15.4. The summed E-state index contributed by atoms with van der Waals surface area (Å²) in [4.78, 5) is 17.3. The third kappa shape index (κ3) is 8.10. The molecule has 3 aromatic rings. The van der Waals surface area contributed by atoms with Gasteiger partial charge in [-0.3, -0.25) is 9.36 Å². The van der Waals surface area contributed by atoms with Gasteiger partial charge >= 0.3 is 0 Å². The van der Waals surface area contributed by atoms with Crippen LogP contribution in [-0.2, 0) is 10.2 Å². The van der Waals surface area contributed by atoms with Gasteiger partial charge in [-0.2, -0.15) is 0 Å². The van der Waals surface area contributed by atoms with E-state index in [1.807, 2.05) is 30.5 Å². The minimum Gasteiger partial charge on any atom is -0.511 e. The topological polar surface area (TPSA) is 102 Å². The van der Waals surface area contributed by atoms with Gasteiger partial charge in [0.2, 0.25) is 0 Å². The summed E-state index contributed by atoms with van der Waals surface area (Å²) in [6.07, 6.45) is 5.46. The van der Waals surface area contributed by atoms with Crippen LogP contribution in [-0.4, -0.2) is 51.4 Å². The van der Waals surface area contributed by atoms with Crippen LogP contribution >= 0.6 is 35.0 Å². The number of methoxy groups -OCH3 is 1. The first kappa shape index (κ1) is 34.6. The first-order valence-electron chi connectivity index (χ1n) is 14.3. The molecule has 0 bridgehead atoms. The number of halogens is 4. The fraction of sp³-hybridized carbons (Fsp3) is 0.333. The Morgan fingerprint density at radius 2 is 1.98 bits per heavy atom. The van der Waals surface area contributed by atoms with Gasteiger partial charge in [-0.25, -0.2) is 13.8 Å². The number of hydrogen-bond acceptors (Lipinski definition) is 6. The second-order valence-corrected chi connectivity index (χ2v) is 13.1. The Kier molecular flexibility index (Phi) is 11.4. The third-order valence-corrected chi connectivity index (χ3v) is 9.57. The average Bonchev–Trinajstić information content (AvgIpc) is 3.43. The highest BCUT2D eigenvalue weighted by Gasteiger charge is 2.32. The molecular formula is C33H36Cl2F2N4O3S. The first-order valence-corrected chi connectivity index (χ1v) is 16.1. The average molecular weight is 678 g/mol. The van der Waals surface area contributed by atoms with Crippen LogP contribution < -0.4 is 15.8 Å². The minimum atomic E-state index is -0.777.